The minimum absolute atomic E-state index is 0.0925. The molecule has 1 aliphatic heterocycles. The number of nitrogens with zero attached hydrogens (tertiary/aromatic N) is 1. The summed E-state index contributed by atoms with van der Waals surface area (Å²) in [5.74, 6) is -0.0925. The van der Waals surface area contributed by atoms with Crippen LogP contribution >= 0.6 is 0 Å². The molecule has 0 spiro atoms. The van der Waals surface area contributed by atoms with Gasteiger partial charge in [-0.15, -0.1) is 0 Å². The minimum atomic E-state index is -0.497. The van der Waals surface area contributed by atoms with E-state index in [9.17, 15) is 9.90 Å². The van der Waals surface area contributed by atoms with Crippen molar-refractivity contribution in [1.29, 1.82) is 0 Å². The highest BCUT2D eigenvalue weighted by Crippen LogP contribution is 2.26. The Bertz CT molecular complexity index is 434. The van der Waals surface area contributed by atoms with Gasteiger partial charge in [-0.1, -0.05) is 18.2 Å². The molecule has 4 nitrogen and oxygen atoms in total. The van der Waals surface area contributed by atoms with E-state index in [0.717, 1.165) is 17.7 Å². The van der Waals surface area contributed by atoms with Gasteiger partial charge in [-0.2, -0.15) is 0 Å². The average Bonchev–Trinajstić information content (AvgIpc) is 2.49. The molecule has 0 aliphatic carbocycles. The first-order chi connectivity index (χ1) is 8.65. The fourth-order valence-corrected chi connectivity index (χ4v) is 2.52. The Morgan fingerprint density at radius 3 is 2.83 bits per heavy atom. The van der Waals surface area contributed by atoms with E-state index in [1.165, 1.54) is 0 Å². The van der Waals surface area contributed by atoms with Crippen molar-refractivity contribution in [2.45, 2.75) is 32.4 Å². The molecule has 0 bridgehead atoms. The second kappa shape index (κ2) is 5.40. The molecular formula is C14H20N2O2. The van der Waals surface area contributed by atoms with Crippen LogP contribution in [0.15, 0.2) is 24.3 Å². The summed E-state index contributed by atoms with van der Waals surface area (Å²) in [4.78, 5) is 14.0. The molecule has 1 aliphatic rings. The maximum absolute atomic E-state index is 12.0. The van der Waals surface area contributed by atoms with E-state index in [0.29, 0.717) is 6.54 Å². The fourth-order valence-electron chi connectivity index (χ4n) is 2.52. The third kappa shape index (κ3) is 2.34. The molecule has 98 valence electrons. The minimum Gasteiger partial charge on any atom is -0.394 e. The summed E-state index contributed by atoms with van der Waals surface area (Å²) in [5.41, 5.74) is 2.15. The van der Waals surface area contributed by atoms with E-state index in [1.807, 2.05) is 36.1 Å². The van der Waals surface area contributed by atoms with Gasteiger partial charge in [-0.05, 0) is 31.9 Å². The highest BCUT2D eigenvalue weighted by molar-refractivity contribution is 5.86. The summed E-state index contributed by atoms with van der Waals surface area (Å²) >= 11 is 0. The van der Waals surface area contributed by atoms with Crippen LogP contribution in [-0.4, -0.2) is 36.2 Å². The van der Waals surface area contributed by atoms with Crippen LogP contribution in [0, 0.1) is 6.92 Å². The van der Waals surface area contributed by atoms with Crippen LogP contribution in [-0.2, 0) is 4.79 Å². The van der Waals surface area contributed by atoms with Crippen LogP contribution in [0.3, 0.4) is 0 Å². The summed E-state index contributed by atoms with van der Waals surface area (Å²) in [5, 5.41) is 12.4. The fraction of sp³-hybridized carbons (Fsp3) is 0.500. The molecule has 1 amide bonds. The SMILES string of the molecule is Cc1ccccc1N1C(C)CCNC(=O)C1CO. The highest BCUT2D eigenvalue weighted by atomic mass is 16.3. The Morgan fingerprint density at radius 1 is 1.44 bits per heavy atom. The summed E-state index contributed by atoms with van der Waals surface area (Å²) < 4.78 is 0. The van der Waals surface area contributed by atoms with E-state index in [4.69, 9.17) is 0 Å². The molecular weight excluding hydrogens is 228 g/mol. The zero-order valence-electron chi connectivity index (χ0n) is 10.9. The van der Waals surface area contributed by atoms with Crippen LogP contribution < -0.4 is 10.2 Å². The molecule has 4 heteroatoms. The Labute approximate surface area is 108 Å². The molecule has 2 rings (SSSR count). The number of carbonyl (C=O) groups excluding carboxylic acids is 1. The van der Waals surface area contributed by atoms with Crippen LogP contribution in [0.25, 0.3) is 0 Å². The van der Waals surface area contributed by atoms with Gasteiger partial charge in [0.05, 0.1) is 6.61 Å². The van der Waals surface area contributed by atoms with Crippen LogP contribution in [0.2, 0.25) is 0 Å². The molecule has 1 aromatic carbocycles. The van der Waals surface area contributed by atoms with Crippen molar-refractivity contribution in [2.75, 3.05) is 18.1 Å². The number of hydrogen-bond donors (Lipinski definition) is 2. The summed E-state index contributed by atoms with van der Waals surface area (Å²) in [6.07, 6.45) is 0.885. The zero-order chi connectivity index (χ0) is 13.1. The van der Waals surface area contributed by atoms with Gasteiger partial charge >= 0.3 is 0 Å². The van der Waals surface area contributed by atoms with Crippen molar-refractivity contribution < 1.29 is 9.90 Å². The predicted molar refractivity (Wildman–Crippen MR) is 71.6 cm³/mol. The first-order valence-electron chi connectivity index (χ1n) is 6.37. The van der Waals surface area contributed by atoms with Crippen LogP contribution in [0.1, 0.15) is 18.9 Å². The topological polar surface area (TPSA) is 52.6 Å². The number of aliphatic hydroxyl groups is 1. The largest absolute Gasteiger partial charge is 0.394 e. The standard InChI is InChI=1S/C14H20N2O2/c1-10-5-3-4-6-12(10)16-11(2)7-8-15-14(18)13(16)9-17/h3-6,11,13,17H,7-9H2,1-2H3,(H,15,18). The molecule has 2 unspecified atom stereocenters. The quantitative estimate of drug-likeness (QED) is 0.823. The second-order valence-electron chi connectivity index (χ2n) is 4.82. The third-order valence-electron chi connectivity index (χ3n) is 3.54. The Kier molecular flexibility index (Phi) is 3.87. The van der Waals surface area contributed by atoms with Gasteiger partial charge in [0, 0.05) is 18.3 Å². The molecule has 0 aromatic heterocycles. The number of anilines is 1. The number of hydrogen-bond acceptors (Lipinski definition) is 3. The molecule has 2 N–H and O–H groups in total. The monoisotopic (exact) mass is 248 g/mol. The van der Waals surface area contributed by atoms with Gasteiger partial charge in [-0.3, -0.25) is 4.79 Å². The van der Waals surface area contributed by atoms with Crippen molar-refractivity contribution >= 4 is 11.6 Å². The second-order valence-corrected chi connectivity index (χ2v) is 4.82. The van der Waals surface area contributed by atoms with E-state index in [-0.39, 0.29) is 18.6 Å². The van der Waals surface area contributed by atoms with E-state index < -0.39 is 6.04 Å². The number of aliphatic hydroxyl groups excluding tert-OH is 1. The molecule has 18 heavy (non-hydrogen) atoms. The van der Waals surface area contributed by atoms with Crippen molar-refractivity contribution in [3.05, 3.63) is 29.8 Å². The van der Waals surface area contributed by atoms with Gasteiger partial charge in [0.25, 0.3) is 0 Å². The first-order valence-corrected chi connectivity index (χ1v) is 6.37. The molecule has 2 atom stereocenters. The summed E-state index contributed by atoms with van der Waals surface area (Å²) in [6.45, 7) is 4.62. The number of carbonyl (C=O) groups is 1. The molecule has 1 fully saturated rings. The van der Waals surface area contributed by atoms with E-state index >= 15 is 0 Å². The number of aryl methyl sites for hydroxylation is 1. The van der Waals surface area contributed by atoms with Crippen LogP contribution in [0.4, 0.5) is 5.69 Å². The number of benzene rings is 1. The van der Waals surface area contributed by atoms with Gasteiger partial charge in [0.15, 0.2) is 0 Å². The van der Waals surface area contributed by atoms with Crippen LogP contribution in [0.5, 0.6) is 0 Å². The van der Waals surface area contributed by atoms with E-state index in [1.54, 1.807) is 0 Å². The lowest BCUT2D eigenvalue weighted by molar-refractivity contribution is -0.122. The maximum Gasteiger partial charge on any atom is 0.245 e. The first kappa shape index (κ1) is 12.9. The van der Waals surface area contributed by atoms with Crippen molar-refractivity contribution in [3.8, 4) is 0 Å². The van der Waals surface area contributed by atoms with Gasteiger partial charge < -0.3 is 15.3 Å². The zero-order valence-corrected chi connectivity index (χ0v) is 10.9. The van der Waals surface area contributed by atoms with Crippen molar-refractivity contribution in [1.82, 2.24) is 5.32 Å². The van der Waals surface area contributed by atoms with Gasteiger partial charge in [0.1, 0.15) is 6.04 Å². The lowest BCUT2D eigenvalue weighted by atomic mass is 10.1. The average molecular weight is 248 g/mol. The number of rotatable bonds is 2. The number of para-hydroxylation sites is 1. The third-order valence-corrected chi connectivity index (χ3v) is 3.54. The number of amides is 1. The highest BCUT2D eigenvalue weighted by Gasteiger charge is 2.32. The predicted octanol–water partition coefficient (Wildman–Crippen LogP) is 1.07. The van der Waals surface area contributed by atoms with Gasteiger partial charge in [0.2, 0.25) is 5.91 Å². The maximum atomic E-state index is 12.0. The lowest BCUT2D eigenvalue weighted by Gasteiger charge is -2.35. The van der Waals surface area contributed by atoms with Crippen molar-refractivity contribution in [2.24, 2.45) is 0 Å². The summed E-state index contributed by atoms with van der Waals surface area (Å²) in [6, 6.07) is 7.71. The molecule has 1 heterocycles. The number of nitrogens with one attached hydrogen (secondary N) is 1. The summed E-state index contributed by atoms with van der Waals surface area (Å²) in [7, 11) is 0. The van der Waals surface area contributed by atoms with E-state index in [2.05, 4.69) is 12.2 Å². The molecule has 1 aromatic rings. The molecule has 0 radical (unpaired) electrons. The Morgan fingerprint density at radius 2 is 2.17 bits per heavy atom. The normalized spacial score (nSPS) is 24.6. The Hall–Kier alpha value is -1.55. The Balaban J connectivity index is 2.42. The molecule has 1 saturated heterocycles. The molecule has 0 saturated carbocycles. The lowest BCUT2D eigenvalue weighted by Crippen LogP contribution is -2.49. The smallest absolute Gasteiger partial charge is 0.245 e. The van der Waals surface area contributed by atoms with Gasteiger partial charge in [-0.25, -0.2) is 0 Å². The van der Waals surface area contributed by atoms with Crippen molar-refractivity contribution in [3.63, 3.8) is 0 Å².